The van der Waals surface area contributed by atoms with Gasteiger partial charge < -0.3 is 14.8 Å². The fourth-order valence-electron chi connectivity index (χ4n) is 2.12. The maximum atomic E-state index is 5.53. The molecule has 1 aliphatic heterocycles. The summed E-state index contributed by atoms with van der Waals surface area (Å²) in [7, 11) is 0. The molecule has 18 heavy (non-hydrogen) atoms. The summed E-state index contributed by atoms with van der Waals surface area (Å²) < 4.78 is 13.0. The maximum absolute atomic E-state index is 5.53. The van der Waals surface area contributed by atoms with Crippen molar-refractivity contribution in [3.63, 3.8) is 0 Å². The SMILES string of the molecule is CCCNC(CC1OCCO1)c1cnn(CC)c1. The largest absolute Gasteiger partial charge is 0.350 e. The van der Waals surface area contributed by atoms with E-state index < -0.39 is 0 Å². The molecule has 1 saturated heterocycles. The second-order valence-electron chi connectivity index (χ2n) is 4.54. The molecule has 1 fully saturated rings. The number of hydrogen-bond acceptors (Lipinski definition) is 4. The monoisotopic (exact) mass is 253 g/mol. The Morgan fingerprint density at radius 1 is 1.44 bits per heavy atom. The van der Waals surface area contributed by atoms with E-state index in [1.165, 1.54) is 5.56 Å². The summed E-state index contributed by atoms with van der Waals surface area (Å²) in [6, 6.07) is 0.258. The van der Waals surface area contributed by atoms with Gasteiger partial charge in [0, 0.05) is 30.8 Å². The minimum absolute atomic E-state index is 0.0793. The first kappa shape index (κ1) is 13.5. The van der Waals surface area contributed by atoms with Gasteiger partial charge in [-0.2, -0.15) is 5.10 Å². The lowest BCUT2D eigenvalue weighted by Crippen LogP contribution is -2.26. The van der Waals surface area contributed by atoms with E-state index in [2.05, 4.69) is 30.5 Å². The molecule has 0 radical (unpaired) electrons. The van der Waals surface area contributed by atoms with Crippen LogP contribution in [0, 0.1) is 0 Å². The zero-order valence-corrected chi connectivity index (χ0v) is 11.3. The highest BCUT2D eigenvalue weighted by atomic mass is 16.7. The molecule has 1 N–H and O–H groups in total. The van der Waals surface area contributed by atoms with Crippen molar-refractivity contribution < 1.29 is 9.47 Å². The smallest absolute Gasteiger partial charge is 0.159 e. The Balaban J connectivity index is 1.98. The molecular formula is C13H23N3O2. The Morgan fingerprint density at radius 2 is 2.22 bits per heavy atom. The van der Waals surface area contributed by atoms with Crippen molar-refractivity contribution in [1.82, 2.24) is 15.1 Å². The fraction of sp³-hybridized carbons (Fsp3) is 0.769. The van der Waals surface area contributed by atoms with E-state index >= 15 is 0 Å². The Bertz CT molecular complexity index is 348. The third-order valence-corrected chi connectivity index (χ3v) is 3.14. The molecule has 0 bridgehead atoms. The fourth-order valence-corrected chi connectivity index (χ4v) is 2.12. The van der Waals surface area contributed by atoms with E-state index in [-0.39, 0.29) is 12.3 Å². The lowest BCUT2D eigenvalue weighted by Gasteiger charge is -2.20. The molecule has 0 spiro atoms. The maximum Gasteiger partial charge on any atom is 0.159 e. The van der Waals surface area contributed by atoms with E-state index in [1.54, 1.807) is 0 Å². The van der Waals surface area contributed by atoms with Crippen molar-refractivity contribution in [2.45, 2.75) is 45.6 Å². The normalized spacial score (nSPS) is 18.3. The quantitative estimate of drug-likeness (QED) is 0.803. The van der Waals surface area contributed by atoms with Gasteiger partial charge in [0.1, 0.15) is 0 Å². The number of nitrogens with one attached hydrogen (secondary N) is 1. The highest BCUT2D eigenvalue weighted by molar-refractivity contribution is 5.10. The molecule has 102 valence electrons. The van der Waals surface area contributed by atoms with Crippen molar-refractivity contribution in [2.24, 2.45) is 0 Å². The number of rotatable bonds is 7. The zero-order chi connectivity index (χ0) is 12.8. The van der Waals surface area contributed by atoms with Crippen LogP contribution in [0.1, 0.15) is 38.3 Å². The van der Waals surface area contributed by atoms with Gasteiger partial charge in [-0.05, 0) is 19.9 Å². The molecule has 0 saturated carbocycles. The van der Waals surface area contributed by atoms with Gasteiger partial charge in [0.2, 0.25) is 0 Å². The first-order chi connectivity index (χ1) is 8.83. The first-order valence-electron chi connectivity index (χ1n) is 6.82. The highest BCUT2D eigenvalue weighted by Crippen LogP contribution is 2.22. The van der Waals surface area contributed by atoms with Crippen LogP contribution in [0.5, 0.6) is 0 Å². The summed E-state index contributed by atoms with van der Waals surface area (Å²) in [5.41, 5.74) is 1.21. The van der Waals surface area contributed by atoms with Gasteiger partial charge >= 0.3 is 0 Å². The molecule has 0 aliphatic carbocycles. The summed E-state index contributed by atoms with van der Waals surface area (Å²) in [6.45, 7) is 7.57. The van der Waals surface area contributed by atoms with E-state index in [0.29, 0.717) is 13.2 Å². The third-order valence-electron chi connectivity index (χ3n) is 3.14. The average Bonchev–Trinajstić information content (AvgIpc) is 3.05. The minimum atomic E-state index is -0.0793. The molecule has 5 nitrogen and oxygen atoms in total. The molecule has 1 aromatic heterocycles. The summed E-state index contributed by atoms with van der Waals surface area (Å²) >= 11 is 0. The van der Waals surface area contributed by atoms with Crippen molar-refractivity contribution in [3.05, 3.63) is 18.0 Å². The topological polar surface area (TPSA) is 48.3 Å². The van der Waals surface area contributed by atoms with Crippen LogP contribution in [0.15, 0.2) is 12.4 Å². The van der Waals surface area contributed by atoms with E-state index in [9.17, 15) is 0 Å². The molecule has 1 unspecified atom stereocenters. The molecule has 2 heterocycles. The summed E-state index contributed by atoms with van der Waals surface area (Å²) in [4.78, 5) is 0. The third kappa shape index (κ3) is 3.54. The van der Waals surface area contributed by atoms with Gasteiger partial charge in [-0.3, -0.25) is 4.68 Å². The molecular weight excluding hydrogens is 230 g/mol. The van der Waals surface area contributed by atoms with Crippen LogP contribution < -0.4 is 5.32 Å². The van der Waals surface area contributed by atoms with Crippen LogP contribution in [-0.2, 0) is 16.0 Å². The van der Waals surface area contributed by atoms with Gasteiger partial charge in [0.25, 0.3) is 0 Å². The Labute approximate surface area is 108 Å². The molecule has 0 amide bonds. The van der Waals surface area contributed by atoms with E-state index in [1.807, 2.05) is 10.9 Å². The van der Waals surface area contributed by atoms with Gasteiger partial charge in [-0.1, -0.05) is 6.92 Å². The Kier molecular flexibility index (Phi) is 5.16. The van der Waals surface area contributed by atoms with Crippen LogP contribution in [0.3, 0.4) is 0 Å². The van der Waals surface area contributed by atoms with Crippen molar-refractivity contribution in [2.75, 3.05) is 19.8 Å². The second-order valence-corrected chi connectivity index (χ2v) is 4.54. The molecule has 0 aromatic carbocycles. The Morgan fingerprint density at radius 3 is 2.83 bits per heavy atom. The summed E-state index contributed by atoms with van der Waals surface area (Å²) in [5, 5.41) is 7.87. The standard InChI is InChI=1S/C13H23N3O2/c1-3-5-14-12(8-13-17-6-7-18-13)11-9-15-16(4-2)10-11/h9-10,12-14H,3-8H2,1-2H3. The van der Waals surface area contributed by atoms with Crippen LogP contribution >= 0.6 is 0 Å². The zero-order valence-electron chi connectivity index (χ0n) is 11.3. The second kappa shape index (κ2) is 6.87. The van der Waals surface area contributed by atoms with Crippen LogP contribution in [0.25, 0.3) is 0 Å². The predicted octanol–water partition coefficient (Wildman–Crippen LogP) is 1.71. The molecule has 2 rings (SSSR count). The number of nitrogens with zero attached hydrogens (tertiary/aromatic N) is 2. The average molecular weight is 253 g/mol. The molecule has 1 aromatic rings. The van der Waals surface area contributed by atoms with E-state index in [4.69, 9.17) is 9.47 Å². The van der Waals surface area contributed by atoms with Gasteiger partial charge in [0.15, 0.2) is 6.29 Å². The predicted molar refractivity (Wildman–Crippen MR) is 69.2 cm³/mol. The number of aromatic nitrogens is 2. The Hall–Kier alpha value is -0.910. The summed E-state index contributed by atoms with van der Waals surface area (Å²) in [5.74, 6) is 0. The van der Waals surface area contributed by atoms with Crippen molar-refractivity contribution >= 4 is 0 Å². The number of ether oxygens (including phenoxy) is 2. The van der Waals surface area contributed by atoms with Gasteiger partial charge in [0.05, 0.1) is 19.4 Å². The first-order valence-corrected chi connectivity index (χ1v) is 6.82. The van der Waals surface area contributed by atoms with Crippen molar-refractivity contribution in [3.8, 4) is 0 Å². The minimum Gasteiger partial charge on any atom is -0.350 e. The van der Waals surface area contributed by atoms with E-state index in [0.717, 1.165) is 25.9 Å². The number of aryl methyl sites for hydroxylation is 1. The lowest BCUT2D eigenvalue weighted by molar-refractivity contribution is -0.0530. The van der Waals surface area contributed by atoms with Gasteiger partial charge in [-0.25, -0.2) is 0 Å². The van der Waals surface area contributed by atoms with Gasteiger partial charge in [-0.15, -0.1) is 0 Å². The molecule has 5 heteroatoms. The number of hydrogen-bond donors (Lipinski definition) is 1. The lowest BCUT2D eigenvalue weighted by atomic mass is 10.1. The van der Waals surface area contributed by atoms with Crippen LogP contribution in [0.4, 0.5) is 0 Å². The summed E-state index contributed by atoms with van der Waals surface area (Å²) in [6.07, 6.45) is 5.91. The molecule has 1 aliphatic rings. The van der Waals surface area contributed by atoms with Crippen molar-refractivity contribution in [1.29, 1.82) is 0 Å². The molecule has 1 atom stereocenters. The van der Waals surface area contributed by atoms with Crippen LogP contribution in [0.2, 0.25) is 0 Å². The highest BCUT2D eigenvalue weighted by Gasteiger charge is 2.23. The van der Waals surface area contributed by atoms with Crippen LogP contribution in [-0.4, -0.2) is 35.8 Å².